The van der Waals surface area contributed by atoms with Crippen LogP contribution in [-0.4, -0.2) is 26.3 Å². The van der Waals surface area contributed by atoms with Crippen molar-refractivity contribution in [1.29, 1.82) is 0 Å². The maximum absolute atomic E-state index is 8.63. The van der Waals surface area contributed by atoms with Gasteiger partial charge < -0.3 is 20.4 Å². The number of phenolic OH excluding ortho intramolecular Hbond substituents is 4. The van der Waals surface area contributed by atoms with Crippen LogP contribution in [-0.2, 0) is 0 Å². The van der Waals surface area contributed by atoms with Crippen molar-refractivity contribution in [3.8, 4) is 23.0 Å². The summed E-state index contributed by atoms with van der Waals surface area (Å²) in [5.41, 5.74) is 6.24. The lowest BCUT2D eigenvalue weighted by Gasteiger charge is -1.96. The fourth-order valence-corrected chi connectivity index (χ4v) is 3.09. The summed E-state index contributed by atoms with van der Waals surface area (Å²) < 4.78 is 7.92. The van der Waals surface area contributed by atoms with Crippen molar-refractivity contribution in [3.05, 3.63) is 157 Å². The van der Waals surface area contributed by atoms with Crippen LogP contribution < -0.4 is 5.50 Å². The molecule has 0 saturated carbocycles. The van der Waals surface area contributed by atoms with E-state index < -0.39 is 0 Å². The van der Waals surface area contributed by atoms with Gasteiger partial charge in [-0.2, -0.15) is 4.74 Å². The predicted molar refractivity (Wildman–Crippen MR) is 169 cm³/mol. The van der Waals surface area contributed by atoms with E-state index in [0.29, 0.717) is 37.4 Å². The molecule has 1 atom stereocenters. The Labute approximate surface area is 239 Å². The smallest absolute Gasteiger partial charge is 0.163 e. The molecule has 9 heteroatoms. The number of phenols is 4. The van der Waals surface area contributed by atoms with Crippen LogP contribution in [0.3, 0.4) is 0 Å². The van der Waals surface area contributed by atoms with Gasteiger partial charge >= 0.3 is 0 Å². The van der Waals surface area contributed by atoms with E-state index in [2.05, 4.69) is 18.9 Å². The quantitative estimate of drug-likeness (QED) is 0.0793. The van der Waals surface area contributed by atoms with Gasteiger partial charge in [-0.3, -0.25) is 5.50 Å². The predicted octanol–water partition coefficient (Wildman–Crippen LogP) is 7.80. The molecule has 0 aliphatic carbocycles. The van der Waals surface area contributed by atoms with Crippen molar-refractivity contribution in [2.45, 2.75) is 0 Å². The number of para-hydroxylation sites is 4. The Morgan fingerprint density at radius 3 is 0.900 bits per heavy atom. The second-order valence-electron chi connectivity index (χ2n) is 7.38. The third-order valence-electron chi connectivity index (χ3n) is 4.33. The van der Waals surface area contributed by atoms with E-state index in [9.17, 15) is 0 Å². The Kier molecular flexibility index (Phi) is 18.8. The number of benzene rings is 5. The number of nitrogens with two attached hydrogens (primary N) is 1. The average molecular weight is 574 g/mol. The van der Waals surface area contributed by atoms with Crippen molar-refractivity contribution in [2.24, 2.45) is 15.0 Å². The summed E-state index contributed by atoms with van der Waals surface area (Å²) in [6, 6.07) is 44.6. The standard InChI is InChI=1S/C7H9N3P2.4C6H6O/c8-12-10-7(9-11)6-4-2-1-3-5-6;4*7-6-4-2-1-3-5-6/h1-5H,11H2,(H2,8,9,10);4*1-5,7H. The molecule has 5 rings (SSSR count). The molecule has 0 aliphatic heterocycles. The molecule has 0 saturated heterocycles. The van der Waals surface area contributed by atoms with Gasteiger partial charge in [0.2, 0.25) is 0 Å². The first-order chi connectivity index (χ1) is 19.5. The molecule has 0 fully saturated rings. The number of amidine groups is 1. The maximum atomic E-state index is 8.63. The van der Waals surface area contributed by atoms with Crippen molar-refractivity contribution in [3.63, 3.8) is 0 Å². The van der Waals surface area contributed by atoms with Crippen molar-refractivity contribution in [1.82, 2.24) is 0 Å². The van der Waals surface area contributed by atoms with E-state index in [1.165, 1.54) is 0 Å². The van der Waals surface area contributed by atoms with Crippen molar-refractivity contribution in [2.75, 3.05) is 0 Å². The number of hydrogen-bond donors (Lipinski definition) is 5. The van der Waals surface area contributed by atoms with Crippen LogP contribution >= 0.6 is 17.9 Å². The van der Waals surface area contributed by atoms with Crippen LogP contribution in [0.4, 0.5) is 0 Å². The van der Waals surface area contributed by atoms with Crippen LogP contribution in [0.5, 0.6) is 23.0 Å². The SMILES string of the molecule is NP=N/C(=N\P)c1ccccc1.Oc1ccccc1.Oc1ccccc1.Oc1ccccc1.Oc1ccccc1. The van der Waals surface area contributed by atoms with Gasteiger partial charge in [-0.15, -0.1) is 0 Å². The molecule has 0 spiro atoms. The Morgan fingerprint density at radius 2 is 0.725 bits per heavy atom. The maximum Gasteiger partial charge on any atom is 0.163 e. The van der Waals surface area contributed by atoms with E-state index in [1.807, 2.05) is 54.6 Å². The molecular formula is C31H33N3O4P2. The van der Waals surface area contributed by atoms with E-state index in [1.54, 1.807) is 97.1 Å². The number of hydrogen-bond acceptors (Lipinski definition) is 5. The third-order valence-corrected chi connectivity index (χ3v) is 4.88. The Morgan fingerprint density at radius 1 is 0.475 bits per heavy atom. The first kappa shape index (κ1) is 33.5. The minimum atomic E-state index is 0.322. The highest BCUT2D eigenvalue weighted by molar-refractivity contribution is 7.24. The molecule has 5 aromatic carbocycles. The van der Waals surface area contributed by atoms with Crippen molar-refractivity contribution < 1.29 is 20.4 Å². The van der Waals surface area contributed by atoms with Gasteiger partial charge in [0.25, 0.3) is 0 Å². The Balaban J connectivity index is 0.000000255. The first-order valence-electron chi connectivity index (χ1n) is 11.9. The summed E-state index contributed by atoms with van der Waals surface area (Å²) in [6.07, 6.45) is 0. The topological polar surface area (TPSA) is 132 Å². The Bertz CT molecular complexity index is 1180. The molecule has 0 aliphatic rings. The molecule has 0 heterocycles. The monoisotopic (exact) mass is 573 g/mol. The van der Waals surface area contributed by atoms with E-state index in [-0.39, 0.29) is 0 Å². The second-order valence-corrected chi connectivity index (χ2v) is 8.07. The van der Waals surface area contributed by atoms with Crippen LogP contribution in [0.15, 0.2) is 161 Å². The molecule has 1 unspecified atom stereocenters. The second kappa shape index (κ2) is 22.4. The average Bonchev–Trinajstić information content (AvgIpc) is 2.99. The van der Waals surface area contributed by atoms with Crippen LogP contribution in [0.25, 0.3) is 0 Å². The summed E-state index contributed by atoms with van der Waals surface area (Å²) >= 11 is 0. The number of rotatable bonds is 1. The zero-order valence-corrected chi connectivity index (χ0v) is 23.8. The molecule has 0 aromatic heterocycles. The summed E-state index contributed by atoms with van der Waals surface area (Å²) in [4.78, 5) is 0. The molecular weight excluding hydrogens is 540 g/mol. The number of aromatic hydroxyl groups is 4. The summed E-state index contributed by atoms with van der Waals surface area (Å²) in [5, 5.41) is 34.5. The lowest BCUT2D eigenvalue weighted by molar-refractivity contribution is 0.475. The molecule has 7 nitrogen and oxygen atoms in total. The van der Waals surface area contributed by atoms with Gasteiger partial charge in [0.15, 0.2) is 5.84 Å². The van der Waals surface area contributed by atoms with E-state index in [0.717, 1.165) is 5.56 Å². The van der Waals surface area contributed by atoms with Gasteiger partial charge in [-0.05, 0) is 57.9 Å². The Hall–Kier alpha value is -4.54. The highest BCUT2D eigenvalue weighted by Gasteiger charge is 1.96. The number of nitrogens with zero attached hydrogens (tertiary/aromatic N) is 2. The molecule has 0 amide bonds. The lowest BCUT2D eigenvalue weighted by Crippen LogP contribution is -1.92. The fourth-order valence-electron chi connectivity index (χ4n) is 2.51. The minimum Gasteiger partial charge on any atom is -0.508 e. The summed E-state index contributed by atoms with van der Waals surface area (Å²) in [7, 11) is 2.76. The molecule has 40 heavy (non-hydrogen) atoms. The minimum absolute atomic E-state index is 0.322. The van der Waals surface area contributed by atoms with Crippen LogP contribution in [0.2, 0.25) is 0 Å². The van der Waals surface area contributed by atoms with Crippen molar-refractivity contribution >= 4 is 23.7 Å². The zero-order chi connectivity index (χ0) is 29.3. The first-order valence-corrected chi connectivity index (χ1v) is 13.3. The van der Waals surface area contributed by atoms with Crippen LogP contribution in [0.1, 0.15) is 5.56 Å². The van der Waals surface area contributed by atoms with Crippen LogP contribution in [0, 0.1) is 0 Å². The molecule has 0 radical (unpaired) electrons. The van der Waals surface area contributed by atoms with Gasteiger partial charge in [0.1, 0.15) is 23.0 Å². The highest BCUT2D eigenvalue weighted by Crippen LogP contribution is 2.07. The van der Waals surface area contributed by atoms with Gasteiger partial charge in [-0.25, -0.2) is 4.76 Å². The van der Waals surface area contributed by atoms with Gasteiger partial charge in [0.05, 0.1) is 8.52 Å². The van der Waals surface area contributed by atoms with E-state index >= 15 is 0 Å². The highest BCUT2D eigenvalue weighted by atomic mass is 31.1. The molecule has 6 N–H and O–H groups in total. The summed E-state index contributed by atoms with van der Waals surface area (Å²) in [5.74, 6) is 1.94. The molecule has 206 valence electrons. The van der Waals surface area contributed by atoms with Gasteiger partial charge in [0, 0.05) is 5.56 Å². The van der Waals surface area contributed by atoms with E-state index in [4.69, 9.17) is 25.9 Å². The molecule has 0 bridgehead atoms. The molecule has 5 aromatic rings. The zero-order valence-electron chi connectivity index (χ0n) is 21.7. The normalized spacial score (nSPS) is 9.70. The summed E-state index contributed by atoms with van der Waals surface area (Å²) in [6.45, 7) is 0. The largest absolute Gasteiger partial charge is 0.508 e. The third kappa shape index (κ3) is 17.8. The fraction of sp³-hybridized carbons (Fsp3) is 0. The lowest BCUT2D eigenvalue weighted by atomic mass is 10.2. The van der Waals surface area contributed by atoms with Gasteiger partial charge in [-0.1, -0.05) is 103 Å².